The lowest BCUT2D eigenvalue weighted by Gasteiger charge is -2.03. The van der Waals surface area contributed by atoms with Gasteiger partial charge in [-0.1, -0.05) is 0 Å². The lowest BCUT2D eigenvalue weighted by molar-refractivity contribution is -0.118. The second kappa shape index (κ2) is 5.34. The highest BCUT2D eigenvalue weighted by atomic mass is 16.3. The number of carbonyl (C=O) groups is 2. The summed E-state index contributed by atoms with van der Waals surface area (Å²) in [5, 5.41) is 5.23. The fraction of sp³-hybridized carbons (Fsp3) is 0.455. The molecule has 0 bridgehead atoms. The van der Waals surface area contributed by atoms with Crippen LogP contribution in [-0.4, -0.2) is 24.9 Å². The lowest BCUT2D eigenvalue weighted by Crippen LogP contribution is -2.33. The van der Waals surface area contributed by atoms with Crippen LogP contribution in [0.15, 0.2) is 10.5 Å². The normalized spacial score (nSPS) is 9.94. The van der Waals surface area contributed by atoms with Gasteiger partial charge in [-0.2, -0.15) is 0 Å². The van der Waals surface area contributed by atoms with Crippen molar-refractivity contribution in [3.8, 4) is 0 Å². The summed E-state index contributed by atoms with van der Waals surface area (Å²) in [5.74, 6) is 0.672. The van der Waals surface area contributed by atoms with E-state index in [-0.39, 0.29) is 11.8 Å². The molecule has 0 fully saturated rings. The van der Waals surface area contributed by atoms with E-state index in [1.54, 1.807) is 6.07 Å². The number of nitrogens with one attached hydrogen (secondary N) is 2. The maximum Gasteiger partial charge on any atom is 0.287 e. The molecule has 16 heavy (non-hydrogen) atoms. The number of rotatable bonds is 4. The van der Waals surface area contributed by atoms with Crippen molar-refractivity contribution in [1.29, 1.82) is 0 Å². The van der Waals surface area contributed by atoms with Crippen LogP contribution in [0.5, 0.6) is 0 Å². The molecule has 88 valence electrons. The zero-order chi connectivity index (χ0) is 12.1. The fourth-order valence-electron chi connectivity index (χ4n) is 1.19. The molecule has 5 nitrogen and oxygen atoms in total. The Hall–Kier alpha value is -1.78. The van der Waals surface area contributed by atoms with Gasteiger partial charge in [0.15, 0.2) is 5.76 Å². The Morgan fingerprint density at radius 2 is 1.88 bits per heavy atom. The van der Waals surface area contributed by atoms with Gasteiger partial charge in [-0.3, -0.25) is 9.59 Å². The number of carbonyl (C=O) groups excluding carboxylic acids is 2. The molecule has 1 aromatic rings. The van der Waals surface area contributed by atoms with Crippen LogP contribution in [-0.2, 0) is 4.79 Å². The summed E-state index contributed by atoms with van der Waals surface area (Å²) in [6, 6.07) is 1.70. The second-order valence-corrected chi connectivity index (χ2v) is 3.59. The van der Waals surface area contributed by atoms with E-state index < -0.39 is 0 Å². The van der Waals surface area contributed by atoms with Crippen molar-refractivity contribution < 1.29 is 14.0 Å². The van der Waals surface area contributed by atoms with Gasteiger partial charge in [0.05, 0.1) is 0 Å². The first-order chi connectivity index (χ1) is 7.50. The first-order valence-electron chi connectivity index (χ1n) is 5.10. The van der Waals surface area contributed by atoms with Gasteiger partial charge in [-0.15, -0.1) is 0 Å². The highest BCUT2D eigenvalue weighted by Gasteiger charge is 2.11. The average Bonchev–Trinajstić information content (AvgIpc) is 2.54. The molecule has 0 atom stereocenters. The Kier molecular flexibility index (Phi) is 4.10. The molecule has 0 aliphatic rings. The molecule has 1 heterocycles. The lowest BCUT2D eigenvalue weighted by atomic mass is 10.3. The molecule has 0 unspecified atom stereocenters. The largest absolute Gasteiger partial charge is 0.456 e. The van der Waals surface area contributed by atoms with Crippen molar-refractivity contribution >= 4 is 11.8 Å². The minimum Gasteiger partial charge on any atom is -0.456 e. The number of aryl methyl sites for hydroxylation is 2. The van der Waals surface area contributed by atoms with Gasteiger partial charge in [0.1, 0.15) is 5.76 Å². The Morgan fingerprint density at radius 3 is 2.38 bits per heavy atom. The molecule has 0 aliphatic carbocycles. The standard InChI is InChI=1S/C11H16N2O3/c1-7-6-10(16-8(7)2)11(15)13-5-4-12-9(3)14/h6H,4-5H2,1-3H3,(H,12,14)(H,13,15). The van der Waals surface area contributed by atoms with Gasteiger partial charge in [0.2, 0.25) is 5.91 Å². The molecule has 1 aromatic heterocycles. The highest BCUT2D eigenvalue weighted by Crippen LogP contribution is 2.12. The van der Waals surface area contributed by atoms with Gasteiger partial charge in [0.25, 0.3) is 5.91 Å². The van der Waals surface area contributed by atoms with Gasteiger partial charge in [0, 0.05) is 20.0 Å². The summed E-state index contributed by atoms with van der Waals surface area (Å²) in [5.41, 5.74) is 0.951. The molecule has 0 saturated heterocycles. The van der Waals surface area contributed by atoms with E-state index in [0.29, 0.717) is 18.8 Å². The van der Waals surface area contributed by atoms with E-state index in [9.17, 15) is 9.59 Å². The van der Waals surface area contributed by atoms with Gasteiger partial charge in [-0.25, -0.2) is 0 Å². The minimum atomic E-state index is -0.262. The zero-order valence-corrected chi connectivity index (χ0v) is 9.72. The quantitative estimate of drug-likeness (QED) is 0.742. The smallest absolute Gasteiger partial charge is 0.287 e. The van der Waals surface area contributed by atoms with Crippen LogP contribution < -0.4 is 10.6 Å². The number of amides is 2. The maximum atomic E-state index is 11.5. The summed E-state index contributed by atoms with van der Waals surface area (Å²) < 4.78 is 5.25. The third-order valence-corrected chi connectivity index (χ3v) is 2.17. The molecule has 0 saturated carbocycles. The molecule has 5 heteroatoms. The van der Waals surface area contributed by atoms with Crippen LogP contribution in [0.25, 0.3) is 0 Å². The predicted octanol–water partition coefficient (Wildman–Crippen LogP) is 0.762. The molecule has 2 N–H and O–H groups in total. The molecular formula is C11H16N2O3. The summed E-state index contributed by atoms with van der Waals surface area (Å²) >= 11 is 0. The van der Waals surface area contributed by atoms with Crippen LogP contribution in [0.1, 0.15) is 28.8 Å². The second-order valence-electron chi connectivity index (χ2n) is 3.59. The van der Waals surface area contributed by atoms with Gasteiger partial charge < -0.3 is 15.1 Å². The van der Waals surface area contributed by atoms with Crippen molar-refractivity contribution in [2.45, 2.75) is 20.8 Å². The van der Waals surface area contributed by atoms with Crippen LogP contribution in [0, 0.1) is 13.8 Å². The molecule has 0 aromatic carbocycles. The first-order valence-corrected chi connectivity index (χ1v) is 5.10. The summed E-state index contributed by atoms with van der Waals surface area (Å²) in [7, 11) is 0. The Morgan fingerprint density at radius 1 is 1.25 bits per heavy atom. The van der Waals surface area contributed by atoms with Crippen LogP contribution in [0.4, 0.5) is 0 Å². The van der Waals surface area contributed by atoms with Crippen molar-refractivity contribution in [1.82, 2.24) is 10.6 Å². The summed E-state index contributed by atoms with van der Waals surface area (Å²) in [4.78, 5) is 22.1. The average molecular weight is 224 g/mol. The monoisotopic (exact) mass is 224 g/mol. The molecule has 0 radical (unpaired) electrons. The summed E-state index contributed by atoms with van der Waals surface area (Å²) in [6.07, 6.45) is 0. The molecule has 2 amide bonds. The van der Waals surface area contributed by atoms with Crippen molar-refractivity contribution in [2.24, 2.45) is 0 Å². The van der Waals surface area contributed by atoms with E-state index >= 15 is 0 Å². The first kappa shape index (κ1) is 12.3. The summed E-state index contributed by atoms with van der Waals surface area (Å²) in [6.45, 7) is 5.92. The van der Waals surface area contributed by atoms with Crippen LogP contribution in [0.3, 0.4) is 0 Å². The SMILES string of the molecule is CC(=O)NCCNC(=O)c1cc(C)c(C)o1. The van der Waals surface area contributed by atoms with Crippen molar-refractivity contribution in [3.63, 3.8) is 0 Å². The number of furan rings is 1. The van der Waals surface area contributed by atoms with Crippen LogP contribution >= 0.6 is 0 Å². The van der Waals surface area contributed by atoms with E-state index in [1.165, 1.54) is 6.92 Å². The Bertz CT molecular complexity index is 376. The molecule has 0 aliphatic heterocycles. The van der Waals surface area contributed by atoms with E-state index in [4.69, 9.17) is 4.42 Å². The highest BCUT2D eigenvalue weighted by molar-refractivity contribution is 5.91. The number of hydrogen-bond donors (Lipinski definition) is 2. The predicted molar refractivity (Wildman–Crippen MR) is 59.2 cm³/mol. The third-order valence-electron chi connectivity index (χ3n) is 2.17. The Labute approximate surface area is 94.2 Å². The minimum absolute atomic E-state index is 0.112. The van der Waals surface area contributed by atoms with E-state index in [1.807, 2.05) is 13.8 Å². The fourth-order valence-corrected chi connectivity index (χ4v) is 1.19. The molecule has 0 spiro atoms. The van der Waals surface area contributed by atoms with Crippen molar-refractivity contribution in [3.05, 3.63) is 23.2 Å². The number of hydrogen-bond acceptors (Lipinski definition) is 3. The van der Waals surface area contributed by atoms with Gasteiger partial charge >= 0.3 is 0 Å². The zero-order valence-electron chi connectivity index (χ0n) is 9.72. The molecule has 1 rings (SSSR count). The Balaban J connectivity index is 2.38. The van der Waals surface area contributed by atoms with E-state index in [2.05, 4.69) is 10.6 Å². The van der Waals surface area contributed by atoms with Crippen molar-refractivity contribution in [2.75, 3.05) is 13.1 Å². The van der Waals surface area contributed by atoms with Crippen LogP contribution in [0.2, 0.25) is 0 Å². The maximum absolute atomic E-state index is 11.5. The van der Waals surface area contributed by atoms with Gasteiger partial charge in [-0.05, 0) is 25.5 Å². The topological polar surface area (TPSA) is 71.3 Å². The third kappa shape index (κ3) is 3.42. The molecular weight excluding hydrogens is 208 g/mol. The van der Waals surface area contributed by atoms with E-state index in [0.717, 1.165) is 11.3 Å².